The summed E-state index contributed by atoms with van der Waals surface area (Å²) in [6, 6.07) is 9.75. The van der Waals surface area contributed by atoms with Gasteiger partial charge in [-0.2, -0.15) is 0 Å². The van der Waals surface area contributed by atoms with Gasteiger partial charge in [-0.25, -0.2) is 4.98 Å². The number of aromatic nitrogens is 2. The predicted octanol–water partition coefficient (Wildman–Crippen LogP) is 4.27. The maximum atomic E-state index is 12.7. The Morgan fingerprint density at radius 3 is 2.68 bits per heavy atom. The average Bonchev–Trinajstić information content (AvgIpc) is 2.77. The van der Waals surface area contributed by atoms with Crippen molar-refractivity contribution >= 4 is 33.2 Å². The second-order valence-corrected chi connectivity index (χ2v) is 6.31. The molecular weight excluding hydrogens is 342 g/mol. The molecule has 0 aliphatic carbocycles. The molecular formula is C17H16BrN3O. The number of carbonyl (C=O) groups is 1. The number of nitrogens with one attached hydrogen (secondary N) is 1. The van der Waals surface area contributed by atoms with Gasteiger partial charge in [0.1, 0.15) is 11.3 Å². The lowest BCUT2D eigenvalue weighted by atomic mass is 10.1. The molecule has 0 fully saturated rings. The van der Waals surface area contributed by atoms with Crippen LogP contribution in [0.3, 0.4) is 0 Å². The van der Waals surface area contributed by atoms with Gasteiger partial charge in [-0.05, 0) is 60.5 Å². The number of halogens is 1. The van der Waals surface area contributed by atoms with Crippen LogP contribution in [0.5, 0.6) is 0 Å². The minimum Gasteiger partial charge on any atom is -0.320 e. The fourth-order valence-electron chi connectivity index (χ4n) is 2.55. The third-order valence-corrected chi connectivity index (χ3v) is 4.07. The first-order valence-corrected chi connectivity index (χ1v) is 7.78. The van der Waals surface area contributed by atoms with Crippen LogP contribution in [0.1, 0.15) is 27.3 Å². The highest BCUT2D eigenvalue weighted by molar-refractivity contribution is 9.10. The van der Waals surface area contributed by atoms with E-state index < -0.39 is 0 Å². The number of imidazole rings is 1. The van der Waals surface area contributed by atoms with Crippen molar-refractivity contribution < 1.29 is 4.79 Å². The van der Waals surface area contributed by atoms with E-state index in [0.29, 0.717) is 11.4 Å². The molecule has 0 radical (unpaired) electrons. The van der Waals surface area contributed by atoms with Gasteiger partial charge in [0, 0.05) is 16.4 Å². The van der Waals surface area contributed by atoms with Crippen molar-refractivity contribution in [2.75, 3.05) is 5.32 Å². The van der Waals surface area contributed by atoms with E-state index in [-0.39, 0.29) is 5.91 Å². The van der Waals surface area contributed by atoms with Crippen LogP contribution in [0.4, 0.5) is 5.69 Å². The van der Waals surface area contributed by atoms with E-state index in [1.807, 2.05) is 57.3 Å². The fraction of sp³-hybridized carbons (Fsp3) is 0.176. The van der Waals surface area contributed by atoms with E-state index in [1.165, 1.54) is 5.56 Å². The third kappa shape index (κ3) is 2.64. The van der Waals surface area contributed by atoms with Crippen molar-refractivity contribution in [3.63, 3.8) is 0 Å². The third-order valence-electron chi connectivity index (χ3n) is 3.60. The minimum absolute atomic E-state index is 0.157. The van der Waals surface area contributed by atoms with Gasteiger partial charge in [0.25, 0.3) is 5.91 Å². The van der Waals surface area contributed by atoms with Crippen LogP contribution in [0.2, 0.25) is 0 Å². The number of amides is 1. The quantitative estimate of drug-likeness (QED) is 0.744. The van der Waals surface area contributed by atoms with Crippen molar-refractivity contribution in [2.45, 2.75) is 20.8 Å². The summed E-state index contributed by atoms with van der Waals surface area (Å²) in [5.74, 6) is -0.157. The molecule has 0 aliphatic heterocycles. The number of pyridine rings is 1. The number of benzene rings is 1. The largest absolute Gasteiger partial charge is 0.320 e. The van der Waals surface area contributed by atoms with E-state index in [2.05, 4.69) is 26.2 Å². The zero-order valence-electron chi connectivity index (χ0n) is 12.6. The molecule has 3 rings (SSSR count). The fourth-order valence-corrected chi connectivity index (χ4v) is 2.88. The van der Waals surface area contributed by atoms with Crippen LogP contribution in [0.15, 0.2) is 41.0 Å². The summed E-state index contributed by atoms with van der Waals surface area (Å²) in [4.78, 5) is 17.1. The molecule has 22 heavy (non-hydrogen) atoms. The Morgan fingerprint density at radius 2 is 1.95 bits per heavy atom. The van der Waals surface area contributed by atoms with Gasteiger partial charge >= 0.3 is 0 Å². The SMILES string of the molecule is Cc1ccc(NC(=O)c2c(C)nc3ccc(Br)cn23)c(C)c1. The second kappa shape index (κ2) is 5.57. The topological polar surface area (TPSA) is 46.4 Å². The monoisotopic (exact) mass is 357 g/mol. The van der Waals surface area contributed by atoms with Gasteiger partial charge in [0.15, 0.2) is 0 Å². The Bertz CT molecular complexity index is 883. The molecule has 0 bridgehead atoms. The van der Waals surface area contributed by atoms with E-state index in [0.717, 1.165) is 21.4 Å². The lowest BCUT2D eigenvalue weighted by Gasteiger charge is -2.09. The van der Waals surface area contributed by atoms with Crippen LogP contribution in [0, 0.1) is 20.8 Å². The zero-order valence-corrected chi connectivity index (χ0v) is 14.2. The molecule has 4 nitrogen and oxygen atoms in total. The normalized spacial score (nSPS) is 10.9. The lowest BCUT2D eigenvalue weighted by molar-refractivity contribution is 0.102. The first-order chi connectivity index (χ1) is 10.5. The number of aryl methyl sites for hydroxylation is 3. The molecule has 112 valence electrons. The zero-order chi connectivity index (χ0) is 15.9. The number of hydrogen-bond donors (Lipinski definition) is 1. The van der Waals surface area contributed by atoms with Crippen LogP contribution in [0.25, 0.3) is 5.65 Å². The number of hydrogen-bond acceptors (Lipinski definition) is 2. The maximum absolute atomic E-state index is 12.7. The molecule has 1 aromatic carbocycles. The Labute approximate surface area is 137 Å². The van der Waals surface area contributed by atoms with Gasteiger partial charge in [0.2, 0.25) is 0 Å². The molecule has 0 saturated carbocycles. The Kier molecular flexibility index (Phi) is 3.74. The standard InChI is InChI=1S/C17H16BrN3O/c1-10-4-6-14(11(2)8-10)20-17(22)16-12(3)19-15-7-5-13(18)9-21(15)16/h4-9H,1-3H3,(H,20,22). The summed E-state index contributed by atoms with van der Waals surface area (Å²) in [7, 11) is 0. The summed E-state index contributed by atoms with van der Waals surface area (Å²) in [5, 5.41) is 2.98. The number of carbonyl (C=O) groups excluding carboxylic acids is 1. The number of anilines is 1. The van der Waals surface area contributed by atoms with Crippen LogP contribution in [-0.2, 0) is 0 Å². The molecule has 2 heterocycles. The number of rotatable bonds is 2. The Morgan fingerprint density at radius 1 is 1.18 bits per heavy atom. The molecule has 0 spiro atoms. The molecule has 0 atom stereocenters. The van der Waals surface area contributed by atoms with Crippen LogP contribution >= 0.6 is 15.9 Å². The van der Waals surface area contributed by atoms with E-state index in [1.54, 1.807) is 4.40 Å². The van der Waals surface area contributed by atoms with Crippen molar-refractivity contribution in [3.8, 4) is 0 Å². The summed E-state index contributed by atoms with van der Waals surface area (Å²) in [5.41, 5.74) is 5.05. The molecule has 5 heteroatoms. The summed E-state index contributed by atoms with van der Waals surface area (Å²) < 4.78 is 2.70. The summed E-state index contributed by atoms with van der Waals surface area (Å²) >= 11 is 3.43. The highest BCUT2D eigenvalue weighted by Gasteiger charge is 2.17. The van der Waals surface area contributed by atoms with E-state index in [4.69, 9.17) is 0 Å². The van der Waals surface area contributed by atoms with E-state index in [9.17, 15) is 4.79 Å². The van der Waals surface area contributed by atoms with Gasteiger partial charge in [-0.3, -0.25) is 9.20 Å². The van der Waals surface area contributed by atoms with Crippen molar-refractivity contribution in [2.24, 2.45) is 0 Å². The van der Waals surface area contributed by atoms with Gasteiger partial charge in [0.05, 0.1) is 5.69 Å². The molecule has 1 N–H and O–H groups in total. The molecule has 0 aliphatic rings. The molecule has 0 saturated heterocycles. The number of fused-ring (bicyclic) bond motifs is 1. The van der Waals surface area contributed by atoms with Crippen molar-refractivity contribution in [3.05, 3.63) is 63.5 Å². The molecule has 0 unspecified atom stereocenters. The summed E-state index contributed by atoms with van der Waals surface area (Å²) in [6.07, 6.45) is 1.85. The Hall–Kier alpha value is -2.14. The van der Waals surface area contributed by atoms with Gasteiger partial charge < -0.3 is 5.32 Å². The maximum Gasteiger partial charge on any atom is 0.274 e. The average molecular weight is 358 g/mol. The van der Waals surface area contributed by atoms with E-state index >= 15 is 0 Å². The molecule has 1 amide bonds. The van der Waals surface area contributed by atoms with Crippen molar-refractivity contribution in [1.82, 2.24) is 9.38 Å². The smallest absolute Gasteiger partial charge is 0.274 e. The van der Waals surface area contributed by atoms with Gasteiger partial charge in [-0.15, -0.1) is 0 Å². The molecule has 2 aromatic heterocycles. The number of nitrogens with zero attached hydrogens (tertiary/aromatic N) is 2. The van der Waals surface area contributed by atoms with Crippen LogP contribution < -0.4 is 5.32 Å². The van der Waals surface area contributed by atoms with Gasteiger partial charge in [-0.1, -0.05) is 17.7 Å². The second-order valence-electron chi connectivity index (χ2n) is 5.39. The highest BCUT2D eigenvalue weighted by Crippen LogP contribution is 2.20. The minimum atomic E-state index is -0.157. The first kappa shape index (κ1) is 14.8. The molecule has 3 aromatic rings. The van der Waals surface area contributed by atoms with Crippen LogP contribution in [-0.4, -0.2) is 15.3 Å². The first-order valence-electron chi connectivity index (χ1n) is 6.98. The Balaban J connectivity index is 2.02. The predicted molar refractivity (Wildman–Crippen MR) is 91.5 cm³/mol. The lowest BCUT2D eigenvalue weighted by Crippen LogP contribution is -2.16. The highest BCUT2D eigenvalue weighted by atomic mass is 79.9. The summed E-state index contributed by atoms with van der Waals surface area (Å²) in [6.45, 7) is 5.86. The van der Waals surface area contributed by atoms with Crippen molar-refractivity contribution in [1.29, 1.82) is 0 Å².